The number of hydrogen-bond acceptors (Lipinski definition) is 7. The van der Waals surface area contributed by atoms with Gasteiger partial charge in [-0.2, -0.15) is 0 Å². The maximum absolute atomic E-state index is 13.2. The fourth-order valence-electron chi connectivity index (χ4n) is 3.33. The fraction of sp³-hybridized carbons (Fsp3) is 0.588. The Hall–Kier alpha value is -2.13. The van der Waals surface area contributed by atoms with Gasteiger partial charge in [-0.1, -0.05) is 26.0 Å². The molecule has 0 saturated carbocycles. The predicted molar refractivity (Wildman–Crippen MR) is 96.4 cm³/mol. The summed E-state index contributed by atoms with van der Waals surface area (Å²) >= 11 is 1.45. The van der Waals surface area contributed by atoms with E-state index in [1.807, 2.05) is 19.2 Å². The van der Waals surface area contributed by atoms with Crippen LogP contribution >= 0.6 is 11.3 Å². The highest BCUT2D eigenvalue weighted by Crippen LogP contribution is 2.28. The molecule has 3 heterocycles. The van der Waals surface area contributed by atoms with E-state index in [1.54, 1.807) is 24.0 Å². The van der Waals surface area contributed by atoms with Gasteiger partial charge in [0, 0.05) is 31.0 Å². The molecule has 2 aromatic heterocycles. The van der Waals surface area contributed by atoms with Crippen LogP contribution in [0.25, 0.3) is 10.7 Å². The number of aliphatic hydroxyl groups excluding tert-OH is 1. The number of Topliss-reactive ketones (excluding diaryl/α,β-unsaturated/α-hetero) is 1. The van der Waals surface area contributed by atoms with Crippen LogP contribution in [0.15, 0.2) is 17.8 Å². The number of ketones is 1. The summed E-state index contributed by atoms with van der Waals surface area (Å²) in [6, 6.07) is -1.15. The number of aromatic nitrogens is 4. The van der Waals surface area contributed by atoms with Gasteiger partial charge in [0.2, 0.25) is 5.91 Å². The van der Waals surface area contributed by atoms with E-state index in [1.165, 1.54) is 16.2 Å². The molecule has 1 aliphatic heterocycles. The summed E-state index contributed by atoms with van der Waals surface area (Å²) in [5.74, 6) is -0.290. The maximum Gasteiger partial charge on any atom is 0.248 e. The molecule has 0 spiro atoms. The monoisotopic (exact) mass is 377 g/mol. The van der Waals surface area contributed by atoms with E-state index < -0.39 is 18.2 Å². The molecule has 1 N–H and O–H groups in total. The number of hydrogen-bond donors (Lipinski definition) is 1. The van der Waals surface area contributed by atoms with E-state index in [9.17, 15) is 14.7 Å². The number of amides is 1. The molecule has 1 saturated heterocycles. The van der Waals surface area contributed by atoms with Crippen molar-refractivity contribution < 1.29 is 14.7 Å². The SMILES string of the molecule is CCC(=O)C1CC(O)CN1C(=O)C(C(C)C)n1cc(-c2nccs2)nn1. The zero-order chi connectivity index (χ0) is 18.8. The van der Waals surface area contributed by atoms with Crippen molar-refractivity contribution in [1.82, 2.24) is 24.9 Å². The van der Waals surface area contributed by atoms with E-state index in [0.717, 1.165) is 5.01 Å². The molecule has 8 nitrogen and oxygen atoms in total. The summed E-state index contributed by atoms with van der Waals surface area (Å²) in [6.07, 6.45) is 3.37. The van der Waals surface area contributed by atoms with E-state index in [2.05, 4.69) is 15.3 Å². The highest BCUT2D eigenvalue weighted by Gasteiger charge is 2.41. The van der Waals surface area contributed by atoms with Gasteiger partial charge in [0.25, 0.3) is 0 Å². The molecule has 0 aromatic carbocycles. The van der Waals surface area contributed by atoms with Gasteiger partial charge in [0.15, 0.2) is 5.78 Å². The van der Waals surface area contributed by atoms with Crippen molar-refractivity contribution >= 4 is 23.0 Å². The third kappa shape index (κ3) is 3.54. The van der Waals surface area contributed by atoms with Crippen LogP contribution in [0.5, 0.6) is 0 Å². The molecule has 3 rings (SSSR count). The van der Waals surface area contributed by atoms with E-state index in [-0.39, 0.29) is 24.2 Å². The number of carbonyl (C=O) groups is 2. The van der Waals surface area contributed by atoms with Crippen LogP contribution < -0.4 is 0 Å². The van der Waals surface area contributed by atoms with Crippen LogP contribution in [0, 0.1) is 5.92 Å². The molecule has 140 valence electrons. The Kier molecular flexibility index (Phi) is 5.47. The first-order valence-corrected chi connectivity index (χ1v) is 9.63. The molecule has 3 unspecified atom stereocenters. The number of thiazole rings is 1. The first-order chi connectivity index (χ1) is 12.4. The van der Waals surface area contributed by atoms with Gasteiger partial charge in [-0.3, -0.25) is 9.59 Å². The lowest BCUT2D eigenvalue weighted by Gasteiger charge is -2.29. The van der Waals surface area contributed by atoms with Gasteiger partial charge in [0.1, 0.15) is 16.7 Å². The zero-order valence-corrected chi connectivity index (χ0v) is 15.9. The van der Waals surface area contributed by atoms with Gasteiger partial charge in [0.05, 0.1) is 18.3 Å². The second-order valence-electron chi connectivity index (χ2n) is 6.83. The minimum absolute atomic E-state index is 0.0283. The Morgan fingerprint density at radius 1 is 1.42 bits per heavy atom. The van der Waals surface area contributed by atoms with Crippen molar-refractivity contribution in [3.8, 4) is 10.7 Å². The second-order valence-corrected chi connectivity index (χ2v) is 7.72. The molecule has 1 aliphatic rings. The average molecular weight is 377 g/mol. The van der Waals surface area contributed by atoms with Crippen molar-refractivity contribution in [3.63, 3.8) is 0 Å². The second kappa shape index (κ2) is 7.63. The lowest BCUT2D eigenvalue weighted by Crippen LogP contribution is -2.45. The summed E-state index contributed by atoms with van der Waals surface area (Å²) in [5, 5.41) is 20.9. The van der Waals surface area contributed by atoms with Gasteiger partial charge in [-0.15, -0.1) is 16.4 Å². The van der Waals surface area contributed by atoms with Crippen LogP contribution in [-0.4, -0.2) is 60.4 Å². The Morgan fingerprint density at radius 3 is 2.81 bits per heavy atom. The van der Waals surface area contributed by atoms with Gasteiger partial charge >= 0.3 is 0 Å². The third-order valence-electron chi connectivity index (χ3n) is 4.61. The molecule has 0 radical (unpaired) electrons. The Morgan fingerprint density at radius 2 is 2.19 bits per heavy atom. The molecular weight excluding hydrogens is 354 g/mol. The van der Waals surface area contributed by atoms with E-state index >= 15 is 0 Å². The van der Waals surface area contributed by atoms with Gasteiger partial charge < -0.3 is 10.0 Å². The molecule has 2 aromatic rings. The molecule has 1 amide bonds. The molecule has 0 aliphatic carbocycles. The molecule has 1 fully saturated rings. The molecule has 9 heteroatoms. The van der Waals surface area contributed by atoms with Crippen molar-refractivity contribution in [1.29, 1.82) is 0 Å². The highest BCUT2D eigenvalue weighted by atomic mass is 32.1. The number of nitrogens with zero attached hydrogens (tertiary/aromatic N) is 5. The molecule has 0 bridgehead atoms. The Balaban J connectivity index is 1.88. The van der Waals surface area contributed by atoms with Crippen LogP contribution in [0.4, 0.5) is 0 Å². The summed E-state index contributed by atoms with van der Waals surface area (Å²) in [6.45, 7) is 5.80. The Labute approximate surface area is 155 Å². The molecule has 3 atom stereocenters. The van der Waals surface area contributed by atoms with Crippen LogP contribution in [0.2, 0.25) is 0 Å². The van der Waals surface area contributed by atoms with Gasteiger partial charge in [-0.25, -0.2) is 9.67 Å². The van der Waals surface area contributed by atoms with Crippen LogP contribution in [-0.2, 0) is 9.59 Å². The number of rotatable bonds is 6. The lowest BCUT2D eigenvalue weighted by atomic mass is 10.0. The average Bonchev–Trinajstić information content (AvgIpc) is 3.33. The standard InChI is InChI=1S/C17H23N5O3S/c1-4-14(24)13-7-11(23)8-21(13)17(25)15(10(2)3)22-9-12(19-20-22)16-18-5-6-26-16/h5-6,9-11,13,15,23H,4,7-8H2,1-3H3. The van der Waals surface area contributed by atoms with Crippen LogP contribution in [0.3, 0.4) is 0 Å². The van der Waals surface area contributed by atoms with Crippen LogP contribution in [0.1, 0.15) is 39.7 Å². The minimum Gasteiger partial charge on any atom is -0.391 e. The summed E-state index contributed by atoms with van der Waals surface area (Å²) < 4.78 is 1.54. The smallest absolute Gasteiger partial charge is 0.248 e. The molecular formula is C17H23N5O3S. The zero-order valence-electron chi connectivity index (χ0n) is 15.1. The van der Waals surface area contributed by atoms with Crippen molar-refractivity contribution in [2.24, 2.45) is 5.92 Å². The summed E-state index contributed by atoms with van der Waals surface area (Å²) in [4.78, 5) is 31.2. The van der Waals surface area contributed by atoms with Crippen molar-refractivity contribution in [3.05, 3.63) is 17.8 Å². The number of aliphatic hydroxyl groups is 1. The third-order valence-corrected chi connectivity index (χ3v) is 5.41. The number of β-amino-alcohol motifs (C(OH)–C–C–N with tert-alkyl or cyclic N) is 1. The normalized spacial score (nSPS) is 21.3. The van der Waals surface area contributed by atoms with E-state index in [0.29, 0.717) is 18.5 Å². The van der Waals surface area contributed by atoms with E-state index in [4.69, 9.17) is 0 Å². The topological polar surface area (TPSA) is 101 Å². The summed E-state index contributed by atoms with van der Waals surface area (Å²) in [7, 11) is 0. The maximum atomic E-state index is 13.2. The number of likely N-dealkylation sites (tertiary alicyclic amines) is 1. The van der Waals surface area contributed by atoms with Crippen molar-refractivity contribution in [2.45, 2.75) is 51.8 Å². The van der Waals surface area contributed by atoms with Gasteiger partial charge in [-0.05, 0) is 5.92 Å². The first-order valence-electron chi connectivity index (χ1n) is 8.75. The highest BCUT2D eigenvalue weighted by molar-refractivity contribution is 7.13. The summed E-state index contributed by atoms with van der Waals surface area (Å²) in [5.41, 5.74) is 0.612. The first kappa shape index (κ1) is 18.7. The minimum atomic E-state index is -0.672. The fourth-order valence-corrected chi connectivity index (χ4v) is 3.92. The number of carbonyl (C=O) groups excluding carboxylic acids is 2. The quantitative estimate of drug-likeness (QED) is 0.819. The largest absolute Gasteiger partial charge is 0.391 e. The lowest BCUT2D eigenvalue weighted by molar-refractivity contribution is -0.141. The van der Waals surface area contributed by atoms with Crippen molar-refractivity contribution in [2.75, 3.05) is 6.54 Å². The predicted octanol–water partition coefficient (Wildman–Crippen LogP) is 1.54. The molecule has 26 heavy (non-hydrogen) atoms. The Bertz CT molecular complexity index is 773.